The first-order valence-electron chi connectivity index (χ1n) is 5.06. The second kappa shape index (κ2) is 3.94. The van der Waals surface area contributed by atoms with Gasteiger partial charge in [0.25, 0.3) is 0 Å². The summed E-state index contributed by atoms with van der Waals surface area (Å²) in [5.41, 5.74) is 2.28. The van der Waals surface area contributed by atoms with E-state index in [0.29, 0.717) is 4.88 Å². The highest BCUT2D eigenvalue weighted by Crippen LogP contribution is 2.38. The van der Waals surface area contributed by atoms with E-state index >= 15 is 0 Å². The normalized spacial score (nSPS) is 16.2. The molecule has 15 heavy (non-hydrogen) atoms. The van der Waals surface area contributed by atoms with Crippen molar-refractivity contribution in [1.82, 2.24) is 0 Å². The van der Waals surface area contributed by atoms with Gasteiger partial charge in [-0.15, -0.1) is 11.3 Å². The summed E-state index contributed by atoms with van der Waals surface area (Å²) in [5, 5.41) is 9.61. The molecule has 0 saturated carbocycles. The van der Waals surface area contributed by atoms with Crippen LogP contribution in [-0.2, 0) is 17.6 Å². The van der Waals surface area contributed by atoms with E-state index in [1.807, 2.05) is 0 Å². The molecule has 1 atom stereocenters. The number of carbonyl (C=O) groups excluding carboxylic acids is 1. The lowest BCUT2D eigenvalue weighted by molar-refractivity contribution is 0.0605. The lowest BCUT2D eigenvalue weighted by Gasteiger charge is -2.02. The largest absolute Gasteiger partial charge is 0.465 e. The number of aliphatic hydroxyl groups is 1. The van der Waals surface area contributed by atoms with Gasteiger partial charge in [-0.3, -0.25) is 0 Å². The molecule has 0 saturated heterocycles. The molecule has 0 fully saturated rings. The average Bonchev–Trinajstić information content (AvgIpc) is 2.75. The number of aliphatic hydroxyl groups excluding tert-OH is 1. The minimum absolute atomic E-state index is 0.273. The van der Waals surface area contributed by atoms with Gasteiger partial charge in [0, 0.05) is 4.88 Å². The van der Waals surface area contributed by atoms with E-state index in [9.17, 15) is 9.90 Å². The fourth-order valence-electron chi connectivity index (χ4n) is 2.09. The minimum Gasteiger partial charge on any atom is -0.465 e. The number of esters is 1. The van der Waals surface area contributed by atoms with Crippen molar-refractivity contribution in [1.29, 1.82) is 0 Å². The van der Waals surface area contributed by atoms with Gasteiger partial charge in [-0.1, -0.05) is 0 Å². The molecule has 2 rings (SSSR count). The molecule has 1 aromatic rings. The van der Waals surface area contributed by atoms with E-state index in [0.717, 1.165) is 29.7 Å². The Morgan fingerprint density at radius 2 is 2.13 bits per heavy atom. The zero-order valence-corrected chi connectivity index (χ0v) is 9.69. The standard InChI is InChI=1S/C11H14O3S/c1-6(12)9-7-4-3-5-8(7)10(15-9)11(13)14-2/h6,12H,3-5H2,1-2H3. The van der Waals surface area contributed by atoms with Crippen molar-refractivity contribution in [2.24, 2.45) is 0 Å². The Bertz CT molecular complexity index is 393. The highest BCUT2D eigenvalue weighted by Gasteiger charge is 2.27. The Kier molecular flexibility index (Phi) is 2.80. The van der Waals surface area contributed by atoms with E-state index in [-0.39, 0.29) is 5.97 Å². The molecule has 82 valence electrons. The zero-order chi connectivity index (χ0) is 11.0. The van der Waals surface area contributed by atoms with Crippen LogP contribution in [0, 0.1) is 0 Å². The van der Waals surface area contributed by atoms with Crippen molar-refractivity contribution in [3.63, 3.8) is 0 Å². The van der Waals surface area contributed by atoms with Gasteiger partial charge in [0.05, 0.1) is 13.2 Å². The molecule has 1 heterocycles. The van der Waals surface area contributed by atoms with Gasteiger partial charge in [0.2, 0.25) is 0 Å². The van der Waals surface area contributed by atoms with Crippen molar-refractivity contribution in [2.45, 2.75) is 32.3 Å². The lowest BCUT2D eigenvalue weighted by Crippen LogP contribution is -2.00. The summed E-state index contributed by atoms with van der Waals surface area (Å²) >= 11 is 1.38. The van der Waals surface area contributed by atoms with E-state index in [4.69, 9.17) is 4.74 Å². The number of rotatable bonds is 2. The number of carbonyl (C=O) groups is 1. The Morgan fingerprint density at radius 3 is 2.73 bits per heavy atom. The van der Waals surface area contributed by atoms with Crippen molar-refractivity contribution in [2.75, 3.05) is 7.11 Å². The van der Waals surface area contributed by atoms with Crippen LogP contribution in [0.25, 0.3) is 0 Å². The number of thiophene rings is 1. The van der Waals surface area contributed by atoms with Crippen molar-refractivity contribution >= 4 is 17.3 Å². The minimum atomic E-state index is -0.486. The first kappa shape index (κ1) is 10.6. The highest BCUT2D eigenvalue weighted by molar-refractivity contribution is 7.14. The summed E-state index contributed by atoms with van der Waals surface area (Å²) in [7, 11) is 1.39. The van der Waals surface area contributed by atoms with Gasteiger partial charge in [-0.25, -0.2) is 4.79 Å². The Balaban J connectivity index is 2.49. The molecule has 0 amide bonds. The summed E-state index contributed by atoms with van der Waals surface area (Å²) in [6.07, 6.45) is 2.49. The van der Waals surface area contributed by atoms with E-state index in [1.165, 1.54) is 24.0 Å². The molecule has 1 aliphatic carbocycles. The first-order valence-corrected chi connectivity index (χ1v) is 5.87. The third kappa shape index (κ3) is 1.68. The molecule has 1 N–H and O–H groups in total. The van der Waals surface area contributed by atoms with E-state index in [1.54, 1.807) is 6.92 Å². The fraction of sp³-hybridized carbons (Fsp3) is 0.545. The molecule has 0 aliphatic heterocycles. The molecule has 1 aromatic heterocycles. The van der Waals surface area contributed by atoms with Gasteiger partial charge >= 0.3 is 5.97 Å². The van der Waals surface area contributed by atoms with Crippen LogP contribution in [0.5, 0.6) is 0 Å². The first-order chi connectivity index (χ1) is 7.15. The van der Waals surface area contributed by atoms with Crippen LogP contribution < -0.4 is 0 Å². The third-order valence-electron chi connectivity index (χ3n) is 2.75. The smallest absolute Gasteiger partial charge is 0.348 e. The van der Waals surface area contributed by atoms with Gasteiger partial charge in [0.15, 0.2) is 0 Å². The van der Waals surface area contributed by atoms with E-state index < -0.39 is 6.10 Å². The van der Waals surface area contributed by atoms with Crippen molar-refractivity contribution in [3.05, 3.63) is 20.9 Å². The molecule has 1 aliphatic rings. The topological polar surface area (TPSA) is 46.5 Å². The number of ether oxygens (including phenoxy) is 1. The van der Waals surface area contributed by atoms with Crippen molar-refractivity contribution < 1.29 is 14.6 Å². The van der Waals surface area contributed by atoms with Crippen LogP contribution in [0.1, 0.15) is 45.1 Å². The molecular weight excluding hydrogens is 212 g/mol. The highest BCUT2D eigenvalue weighted by atomic mass is 32.1. The monoisotopic (exact) mass is 226 g/mol. The second-order valence-corrected chi connectivity index (χ2v) is 4.83. The predicted octanol–water partition coefficient (Wildman–Crippen LogP) is 2.08. The fourth-order valence-corrected chi connectivity index (χ4v) is 3.35. The number of methoxy groups -OCH3 is 1. The summed E-state index contributed by atoms with van der Waals surface area (Å²) < 4.78 is 4.74. The second-order valence-electron chi connectivity index (χ2n) is 3.77. The predicted molar refractivity (Wildman–Crippen MR) is 58.3 cm³/mol. The summed E-state index contributed by atoms with van der Waals surface area (Å²) in [6.45, 7) is 1.74. The Morgan fingerprint density at radius 1 is 1.47 bits per heavy atom. The van der Waals surface area contributed by atoms with Gasteiger partial charge in [-0.2, -0.15) is 0 Å². The number of hydrogen-bond donors (Lipinski definition) is 1. The maximum Gasteiger partial charge on any atom is 0.348 e. The Hall–Kier alpha value is -0.870. The number of hydrogen-bond acceptors (Lipinski definition) is 4. The van der Waals surface area contributed by atoms with Gasteiger partial charge < -0.3 is 9.84 Å². The third-order valence-corrected chi connectivity index (χ3v) is 4.18. The maximum absolute atomic E-state index is 11.5. The van der Waals surface area contributed by atoms with Crippen LogP contribution in [0.4, 0.5) is 0 Å². The molecule has 3 nitrogen and oxygen atoms in total. The average molecular weight is 226 g/mol. The van der Waals surface area contributed by atoms with Crippen molar-refractivity contribution in [3.8, 4) is 0 Å². The molecule has 4 heteroatoms. The molecule has 0 radical (unpaired) electrons. The Labute approximate surface area is 92.7 Å². The van der Waals surface area contributed by atoms with Gasteiger partial charge in [-0.05, 0) is 37.3 Å². The summed E-state index contributed by atoms with van der Waals surface area (Å²) in [6, 6.07) is 0. The lowest BCUT2D eigenvalue weighted by atomic mass is 10.1. The molecule has 1 unspecified atom stereocenters. The maximum atomic E-state index is 11.5. The summed E-state index contributed by atoms with van der Waals surface area (Å²) in [5.74, 6) is -0.273. The molecular formula is C11H14O3S. The van der Waals surface area contributed by atoms with Crippen LogP contribution in [-0.4, -0.2) is 18.2 Å². The zero-order valence-electron chi connectivity index (χ0n) is 8.87. The summed E-state index contributed by atoms with van der Waals surface area (Å²) in [4.78, 5) is 13.1. The molecule has 0 bridgehead atoms. The van der Waals surface area contributed by atoms with Crippen LogP contribution in [0.2, 0.25) is 0 Å². The number of fused-ring (bicyclic) bond motifs is 1. The molecule has 0 spiro atoms. The quantitative estimate of drug-likeness (QED) is 0.785. The van der Waals surface area contributed by atoms with Crippen LogP contribution in [0.3, 0.4) is 0 Å². The van der Waals surface area contributed by atoms with E-state index in [2.05, 4.69) is 0 Å². The SMILES string of the molecule is COC(=O)c1sc(C(C)O)c2c1CCC2. The van der Waals surface area contributed by atoms with Crippen LogP contribution >= 0.6 is 11.3 Å². The van der Waals surface area contributed by atoms with Gasteiger partial charge in [0.1, 0.15) is 4.88 Å². The van der Waals surface area contributed by atoms with Crippen LogP contribution in [0.15, 0.2) is 0 Å². The molecule has 0 aromatic carbocycles.